The third kappa shape index (κ3) is 4.84. The van der Waals surface area contributed by atoms with Gasteiger partial charge in [0.05, 0.1) is 11.3 Å². The number of hydrogen-bond donors (Lipinski definition) is 1. The average Bonchev–Trinajstić information content (AvgIpc) is 2.70. The third-order valence-corrected chi connectivity index (χ3v) is 5.10. The molecule has 1 aliphatic heterocycles. The summed E-state index contributed by atoms with van der Waals surface area (Å²) in [5, 5.41) is 3.46. The number of hydrogen-bond acceptors (Lipinski definition) is 3. The summed E-state index contributed by atoms with van der Waals surface area (Å²) in [6, 6.07) is 12.4. The van der Waals surface area contributed by atoms with Crippen molar-refractivity contribution in [1.82, 2.24) is 4.90 Å². The number of aryl methyl sites for hydroxylation is 1. The number of anilines is 1. The Balaban J connectivity index is 1.70. The number of para-hydroxylation sites is 1. The number of amides is 2. The molecule has 1 heterocycles. The molecule has 1 atom stereocenters. The molecule has 6 heteroatoms. The van der Waals surface area contributed by atoms with E-state index in [-0.39, 0.29) is 11.8 Å². The van der Waals surface area contributed by atoms with Gasteiger partial charge in [0, 0.05) is 18.1 Å². The summed E-state index contributed by atoms with van der Waals surface area (Å²) in [7, 11) is 0. The number of nitrogens with one attached hydrogen (secondary N) is 1. The lowest BCUT2D eigenvalue weighted by Crippen LogP contribution is -2.36. The lowest BCUT2D eigenvalue weighted by molar-refractivity contribution is -0.122. The Labute approximate surface area is 170 Å². The molecular weight excluding hydrogens is 376 g/mol. The first-order chi connectivity index (χ1) is 13.5. The molecule has 0 aliphatic carbocycles. The molecule has 148 valence electrons. The van der Waals surface area contributed by atoms with Crippen molar-refractivity contribution in [2.45, 2.75) is 39.2 Å². The fourth-order valence-corrected chi connectivity index (χ4v) is 3.50. The molecule has 1 unspecified atom stereocenters. The van der Waals surface area contributed by atoms with Gasteiger partial charge in [0.25, 0.3) is 11.8 Å². The Bertz CT molecular complexity index is 863. The van der Waals surface area contributed by atoms with Crippen molar-refractivity contribution in [2.75, 3.05) is 18.4 Å². The van der Waals surface area contributed by atoms with Crippen molar-refractivity contribution < 1.29 is 14.3 Å². The third-order valence-electron chi connectivity index (χ3n) is 4.87. The van der Waals surface area contributed by atoms with Crippen LogP contribution in [0.2, 0.25) is 5.02 Å². The Morgan fingerprint density at radius 1 is 1.11 bits per heavy atom. The maximum atomic E-state index is 12.9. The summed E-state index contributed by atoms with van der Waals surface area (Å²) in [5.74, 6) is 0.246. The smallest absolute Gasteiger partial charge is 0.265 e. The maximum Gasteiger partial charge on any atom is 0.265 e. The number of nitrogens with zero attached hydrogens (tertiary/aromatic N) is 1. The SMILES string of the molecule is Cc1cc(Cl)ccc1OC(C)C(=O)Nc1ccccc1C(=O)N1CCCCC1. The number of benzene rings is 2. The number of piperidine rings is 1. The van der Waals surface area contributed by atoms with Crippen molar-refractivity contribution in [3.63, 3.8) is 0 Å². The van der Waals surface area contributed by atoms with E-state index in [0.717, 1.165) is 37.9 Å². The number of ether oxygens (including phenoxy) is 1. The molecule has 2 aromatic rings. The normalized spacial score (nSPS) is 15.0. The minimum atomic E-state index is -0.724. The molecule has 0 aromatic heterocycles. The van der Waals surface area contributed by atoms with Gasteiger partial charge in [0.1, 0.15) is 5.75 Å². The topological polar surface area (TPSA) is 58.6 Å². The van der Waals surface area contributed by atoms with E-state index in [1.165, 1.54) is 0 Å². The van der Waals surface area contributed by atoms with Gasteiger partial charge in [-0.15, -0.1) is 0 Å². The monoisotopic (exact) mass is 400 g/mol. The van der Waals surface area contributed by atoms with E-state index in [9.17, 15) is 9.59 Å². The Morgan fingerprint density at radius 2 is 1.82 bits per heavy atom. The first kappa shape index (κ1) is 20.2. The van der Waals surface area contributed by atoms with E-state index in [1.807, 2.05) is 17.9 Å². The van der Waals surface area contributed by atoms with Gasteiger partial charge >= 0.3 is 0 Å². The van der Waals surface area contributed by atoms with Crippen LogP contribution in [0.4, 0.5) is 5.69 Å². The van der Waals surface area contributed by atoms with Gasteiger partial charge in [-0.1, -0.05) is 23.7 Å². The second-order valence-electron chi connectivity index (χ2n) is 7.06. The Hall–Kier alpha value is -2.53. The van der Waals surface area contributed by atoms with Crippen LogP contribution in [0, 0.1) is 6.92 Å². The van der Waals surface area contributed by atoms with Crippen molar-refractivity contribution in [3.8, 4) is 5.75 Å². The van der Waals surface area contributed by atoms with Crippen LogP contribution in [0.5, 0.6) is 5.75 Å². The van der Waals surface area contributed by atoms with E-state index in [0.29, 0.717) is 22.0 Å². The molecule has 2 amide bonds. The minimum absolute atomic E-state index is 0.0438. The van der Waals surface area contributed by atoms with Gasteiger partial charge in [-0.25, -0.2) is 0 Å². The second-order valence-corrected chi connectivity index (χ2v) is 7.49. The molecule has 5 nitrogen and oxygen atoms in total. The van der Waals surface area contributed by atoms with E-state index in [2.05, 4.69) is 5.32 Å². The number of halogens is 1. The van der Waals surface area contributed by atoms with Gasteiger partial charge in [-0.05, 0) is 69.0 Å². The van der Waals surface area contributed by atoms with Crippen LogP contribution in [0.15, 0.2) is 42.5 Å². The van der Waals surface area contributed by atoms with Crippen molar-refractivity contribution in [3.05, 3.63) is 58.6 Å². The van der Waals surface area contributed by atoms with Gasteiger partial charge in [0.2, 0.25) is 0 Å². The van der Waals surface area contributed by atoms with Crippen LogP contribution < -0.4 is 10.1 Å². The molecule has 0 bridgehead atoms. The molecular formula is C22H25ClN2O3. The fraction of sp³-hybridized carbons (Fsp3) is 0.364. The quantitative estimate of drug-likeness (QED) is 0.792. The molecule has 0 spiro atoms. The zero-order valence-electron chi connectivity index (χ0n) is 16.2. The molecule has 1 aliphatic rings. The highest BCUT2D eigenvalue weighted by Crippen LogP contribution is 2.24. The zero-order chi connectivity index (χ0) is 20.1. The summed E-state index contributed by atoms with van der Waals surface area (Å²) in [5.41, 5.74) is 1.87. The van der Waals surface area contributed by atoms with Crippen LogP contribution in [-0.2, 0) is 4.79 Å². The molecule has 1 fully saturated rings. The van der Waals surface area contributed by atoms with Gasteiger partial charge in [-0.3, -0.25) is 9.59 Å². The van der Waals surface area contributed by atoms with Crippen LogP contribution in [0.3, 0.4) is 0 Å². The van der Waals surface area contributed by atoms with Crippen molar-refractivity contribution in [2.24, 2.45) is 0 Å². The van der Waals surface area contributed by atoms with Gasteiger partial charge in [0.15, 0.2) is 6.10 Å². The zero-order valence-corrected chi connectivity index (χ0v) is 17.0. The van der Waals surface area contributed by atoms with Crippen molar-refractivity contribution in [1.29, 1.82) is 0 Å². The second kappa shape index (κ2) is 9.11. The lowest BCUT2D eigenvalue weighted by atomic mass is 10.1. The van der Waals surface area contributed by atoms with E-state index < -0.39 is 6.10 Å². The summed E-state index contributed by atoms with van der Waals surface area (Å²) in [6.45, 7) is 5.07. The van der Waals surface area contributed by atoms with Crippen LogP contribution in [-0.4, -0.2) is 35.9 Å². The number of rotatable bonds is 5. The van der Waals surface area contributed by atoms with Gasteiger partial charge in [-0.2, -0.15) is 0 Å². The number of carbonyl (C=O) groups excluding carboxylic acids is 2. The number of likely N-dealkylation sites (tertiary alicyclic amines) is 1. The molecule has 1 N–H and O–H groups in total. The predicted molar refractivity (Wildman–Crippen MR) is 111 cm³/mol. The summed E-state index contributed by atoms with van der Waals surface area (Å²) < 4.78 is 5.78. The van der Waals surface area contributed by atoms with E-state index in [1.54, 1.807) is 43.3 Å². The lowest BCUT2D eigenvalue weighted by Gasteiger charge is -2.27. The fourth-order valence-electron chi connectivity index (χ4n) is 3.27. The molecule has 3 rings (SSSR count). The van der Waals surface area contributed by atoms with E-state index in [4.69, 9.17) is 16.3 Å². The summed E-state index contributed by atoms with van der Waals surface area (Å²) in [4.78, 5) is 27.4. The summed E-state index contributed by atoms with van der Waals surface area (Å²) >= 11 is 5.96. The standard InChI is InChI=1S/C22H25ClN2O3/c1-15-14-17(23)10-11-20(15)28-16(2)21(26)24-19-9-5-4-8-18(19)22(27)25-12-6-3-7-13-25/h4-5,8-11,14,16H,3,6-7,12-13H2,1-2H3,(H,24,26). The highest BCUT2D eigenvalue weighted by atomic mass is 35.5. The molecule has 0 saturated carbocycles. The maximum absolute atomic E-state index is 12.9. The Kier molecular flexibility index (Phi) is 6.57. The summed E-state index contributed by atoms with van der Waals surface area (Å²) in [6.07, 6.45) is 2.47. The first-order valence-corrected chi connectivity index (χ1v) is 9.95. The van der Waals surface area contributed by atoms with Crippen LogP contribution in [0.25, 0.3) is 0 Å². The number of carbonyl (C=O) groups is 2. The van der Waals surface area contributed by atoms with Crippen LogP contribution >= 0.6 is 11.6 Å². The Morgan fingerprint density at radius 3 is 2.54 bits per heavy atom. The largest absolute Gasteiger partial charge is 0.481 e. The molecule has 1 saturated heterocycles. The molecule has 28 heavy (non-hydrogen) atoms. The van der Waals surface area contributed by atoms with Gasteiger partial charge < -0.3 is 15.0 Å². The van der Waals surface area contributed by atoms with Crippen molar-refractivity contribution >= 4 is 29.1 Å². The highest BCUT2D eigenvalue weighted by molar-refractivity contribution is 6.30. The minimum Gasteiger partial charge on any atom is -0.481 e. The predicted octanol–water partition coefficient (Wildman–Crippen LogP) is 4.68. The first-order valence-electron chi connectivity index (χ1n) is 9.57. The highest BCUT2D eigenvalue weighted by Gasteiger charge is 2.23. The molecule has 2 aromatic carbocycles. The van der Waals surface area contributed by atoms with Crippen LogP contribution in [0.1, 0.15) is 42.1 Å². The molecule has 0 radical (unpaired) electrons. The average molecular weight is 401 g/mol. The van der Waals surface area contributed by atoms with E-state index >= 15 is 0 Å².